The van der Waals surface area contributed by atoms with Gasteiger partial charge in [0.25, 0.3) is 0 Å². The molecular weight excluding hydrogens is 296 g/mol. The van der Waals surface area contributed by atoms with Gasteiger partial charge in [0.05, 0.1) is 12.8 Å². The molecule has 7 heteroatoms. The molecule has 3 rings (SSSR count). The molecule has 0 radical (unpaired) electrons. The minimum Gasteiger partial charge on any atom is -0.461 e. The van der Waals surface area contributed by atoms with Crippen molar-refractivity contribution in [3.63, 3.8) is 0 Å². The summed E-state index contributed by atoms with van der Waals surface area (Å²) in [5.74, 6) is -0.174. The van der Waals surface area contributed by atoms with Crippen LogP contribution in [0, 0.1) is 0 Å². The second-order valence-electron chi connectivity index (χ2n) is 6.23. The molecule has 2 atom stereocenters. The highest BCUT2D eigenvalue weighted by Crippen LogP contribution is 2.32. The smallest absolute Gasteiger partial charge is 0.356 e. The maximum atomic E-state index is 12.7. The molecule has 7 nitrogen and oxygen atoms in total. The Kier molecular flexibility index (Phi) is 4.83. The first-order valence-electron chi connectivity index (χ1n) is 8.50. The van der Waals surface area contributed by atoms with Crippen LogP contribution in [0.3, 0.4) is 0 Å². The number of carbonyl (C=O) groups excluding carboxylic acids is 2. The first kappa shape index (κ1) is 15.8. The number of piperidine rings is 1. The number of aromatic amines is 1. The number of imidazole rings is 1. The van der Waals surface area contributed by atoms with Gasteiger partial charge in [-0.1, -0.05) is 12.8 Å². The monoisotopic (exact) mass is 320 g/mol. The van der Waals surface area contributed by atoms with E-state index in [-0.39, 0.29) is 11.7 Å². The van der Waals surface area contributed by atoms with Crippen molar-refractivity contribution in [2.24, 2.45) is 0 Å². The Morgan fingerprint density at radius 2 is 1.91 bits per heavy atom. The molecule has 0 aromatic carbocycles. The minimum absolute atomic E-state index is 0.119. The average Bonchev–Trinajstić information content (AvgIpc) is 2.95. The Labute approximate surface area is 135 Å². The van der Waals surface area contributed by atoms with E-state index in [1.807, 2.05) is 4.90 Å². The van der Waals surface area contributed by atoms with Gasteiger partial charge in [-0.15, -0.1) is 0 Å². The molecule has 0 spiro atoms. The molecule has 1 aromatic rings. The first-order chi connectivity index (χ1) is 11.2. The number of hydrogen-bond donors (Lipinski definition) is 2. The third-order valence-electron chi connectivity index (χ3n) is 4.72. The fourth-order valence-corrected chi connectivity index (χ4v) is 3.69. The largest absolute Gasteiger partial charge is 0.461 e. The highest BCUT2D eigenvalue weighted by Gasteiger charge is 2.35. The molecule has 23 heavy (non-hydrogen) atoms. The molecule has 2 N–H and O–H groups in total. The Morgan fingerprint density at radius 3 is 2.57 bits per heavy atom. The van der Waals surface area contributed by atoms with Crippen molar-refractivity contribution in [1.29, 1.82) is 0 Å². The zero-order valence-electron chi connectivity index (χ0n) is 13.5. The predicted molar refractivity (Wildman–Crippen MR) is 85.3 cm³/mol. The van der Waals surface area contributed by atoms with Crippen LogP contribution in [0.5, 0.6) is 0 Å². The van der Waals surface area contributed by atoms with E-state index in [0.29, 0.717) is 24.6 Å². The lowest BCUT2D eigenvalue weighted by Crippen LogP contribution is -2.50. The minimum atomic E-state index is -0.466. The molecular formula is C16H24N4O3. The number of amides is 2. The molecule has 126 valence electrons. The molecule has 2 aliphatic heterocycles. The predicted octanol–water partition coefficient (Wildman–Crippen LogP) is 2.92. The van der Waals surface area contributed by atoms with Crippen LogP contribution in [0.15, 0.2) is 6.20 Å². The van der Waals surface area contributed by atoms with Crippen LogP contribution in [-0.4, -0.2) is 45.6 Å². The second kappa shape index (κ2) is 7.02. The summed E-state index contributed by atoms with van der Waals surface area (Å²) < 4.78 is 4.91. The fourth-order valence-electron chi connectivity index (χ4n) is 3.69. The van der Waals surface area contributed by atoms with Crippen LogP contribution >= 0.6 is 0 Å². The number of fused-ring (bicyclic) bond motifs is 2. The molecule has 2 aliphatic rings. The summed E-state index contributed by atoms with van der Waals surface area (Å²) >= 11 is 0. The van der Waals surface area contributed by atoms with Gasteiger partial charge in [-0.2, -0.15) is 0 Å². The molecule has 0 aliphatic carbocycles. The van der Waals surface area contributed by atoms with Gasteiger partial charge in [-0.05, 0) is 39.0 Å². The molecule has 2 fully saturated rings. The van der Waals surface area contributed by atoms with Crippen molar-refractivity contribution in [3.8, 4) is 0 Å². The number of anilines is 1. The van der Waals surface area contributed by atoms with E-state index in [2.05, 4.69) is 15.3 Å². The van der Waals surface area contributed by atoms with E-state index in [9.17, 15) is 9.59 Å². The third-order valence-corrected chi connectivity index (χ3v) is 4.72. The highest BCUT2D eigenvalue weighted by molar-refractivity contribution is 5.90. The van der Waals surface area contributed by atoms with Crippen molar-refractivity contribution < 1.29 is 14.3 Å². The fraction of sp³-hybridized carbons (Fsp3) is 0.688. The van der Waals surface area contributed by atoms with Crippen molar-refractivity contribution in [2.75, 3.05) is 11.9 Å². The summed E-state index contributed by atoms with van der Waals surface area (Å²) in [6.45, 7) is 2.05. The van der Waals surface area contributed by atoms with Gasteiger partial charge in [0.1, 0.15) is 5.69 Å². The van der Waals surface area contributed by atoms with Gasteiger partial charge < -0.3 is 14.6 Å². The van der Waals surface area contributed by atoms with E-state index in [1.54, 1.807) is 6.92 Å². The van der Waals surface area contributed by atoms with Gasteiger partial charge in [0.2, 0.25) is 5.95 Å². The highest BCUT2D eigenvalue weighted by atomic mass is 16.5. The summed E-state index contributed by atoms with van der Waals surface area (Å²) in [4.78, 5) is 33.2. The van der Waals surface area contributed by atoms with Gasteiger partial charge in [0, 0.05) is 12.1 Å². The number of H-pyrrole nitrogens is 1. The normalized spacial score (nSPS) is 24.0. The Morgan fingerprint density at radius 1 is 1.26 bits per heavy atom. The number of rotatable bonds is 3. The summed E-state index contributed by atoms with van der Waals surface area (Å²) in [7, 11) is 0. The maximum Gasteiger partial charge on any atom is 0.356 e. The van der Waals surface area contributed by atoms with Crippen LogP contribution in [0.4, 0.5) is 10.7 Å². The molecule has 2 amide bonds. The number of urea groups is 1. The van der Waals surface area contributed by atoms with E-state index in [0.717, 1.165) is 25.7 Å². The topological polar surface area (TPSA) is 87.3 Å². The summed E-state index contributed by atoms with van der Waals surface area (Å²) in [6, 6.07) is 0.540. The number of hydrogen-bond acceptors (Lipinski definition) is 4. The summed E-state index contributed by atoms with van der Waals surface area (Å²) in [6.07, 6.45) is 9.29. The second-order valence-corrected chi connectivity index (χ2v) is 6.23. The standard InChI is InChI=1S/C16H24N4O3/c1-2-23-14(21)13-10-17-15(18-13)19-16(22)20-11-6-3-4-7-12(20)9-5-8-11/h10-12H,2-9H2,1H3,(H2,17,18,19,22). The summed E-state index contributed by atoms with van der Waals surface area (Å²) in [5, 5.41) is 2.80. The van der Waals surface area contributed by atoms with Crippen LogP contribution in [-0.2, 0) is 4.74 Å². The van der Waals surface area contributed by atoms with E-state index in [1.165, 1.54) is 25.5 Å². The number of ether oxygens (including phenoxy) is 1. The van der Waals surface area contributed by atoms with Gasteiger partial charge in [-0.3, -0.25) is 5.32 Å². The number of aromatic nitrogens is 2. The van der Waals surface area contributed by atoms with Gasteiger partial charge >= 0.3 is 12.0 Å². The Bertz CT molecular complexity index is 557. The molecule has 2 unspecified atom stereocenters. The average molecular weight is 320 g/mol. The van der Waals surface area contributed by atoms with Crippen molar-refractivity contribution >= 4 is 17.9 Å². The van der Waals surface area contributed by atoms with E-state index in [4.69, 9.17) is 4.74 Å². The maximum absolute atomic E-state index is 12.7. The number of carbonyl (C=O) groups is 2. The van der Waals surface area contributed by atoms with Crippen LogP contribution in [0.1, 0.15) is 62.4 Å². The molecule has 2 saturated heterocycles. The van der Waals surface area contributed by atoms with Gasteiger partial charge in [-0.25, -0.2) is 14.6 Å². The molecule has 0 saturated carbocycles. The lowest BCUT2D eigenvalue weighted by Gasteiger charge is -2.40. The van der Waals surface area contributed by atoms with Crippen LogP contribution < -0.4 is 5.32 Å². The van der Waals surface area contributed by atoms with E-state index < -0.39 is 5.97 Å². The van der Waals surface area contributed by atoms with Gasteiger partial charge in [0.15, 0.2) is 0 Å². The van der Waals surface area contributed by atoms with E-state index >= 15 is 0 Å². The first-order valence-corrected chi connectivity index (χ1v) is 8.50. The molecule has 3 heterocycles. The number of nitrogens with one attached hydrogen (secondary N) is 2. The van der Waals surface area contributed by atoms with Crippen LogP contribution in [0.25, 0.3) is 0 Å². The van der Waals surface area contributed by atoms with Crippen LogP contribution in [0.2, 0.25) is 0 Å². The zero-order valence-corrected chi connectivity index (χ0v) is 13.5. The van der Waals surface area contributed by atoms with Crippen molar-refractivity contribution in [3.05, 3.63) is 11.9 Å². The third kappa shape index (κ3) is 3.48. The quantitative estimate of drug-likeness (QED) is 0.838. The lowest BCUT2D eigenvalue weighted by molar-refractivity contribution is 0.0520. The lowest BCUT2D eigenvalue weighted by atomic mass is 9.95. The molecule has 2 bridgehead atoms. The Balaban J connectivity index is 1.67. The Hall–Kier alpha value is -2.05. The van der Waals surface area contributed by atoms with Crippen molar-refractivity contribution in [2.45, 2.75) is 64.0 Å². The SMILES string of the molecule is CCOC(=O)c1cnc(NC(=O)N2C3CCCCC2CCC3)[nH]1. The number of nitrogens with zero attached hydrogens (tertiary/aromatic N) is 2. The number of esters is 1. The van der Waals surface area contributed by atoms with Crippen molar-refractivity contribution in [1.82, 2.24) is 14.9 Å². The zero-order chi connectivity index (χ0) is 16.2. The summed E-state index contributed by atoms with van der Waals surface area (Å²) in [5.41, 5.74) is 0.248. The molecule has 1 aromatic heterocycles.